The summed E-state index contributed by atoms with van der Waals surface area (Å²) in [5, 5.41) is 12.1. The normalized spacial score (nSPS) is 13.4. The first-order chi connectivity index (χ1) is 15.7. The number of hydrogen-bond donors (Lipinski definition) is 1. The molecule has 8 nitrogen and oxygen atoms in total. The third-order valence-corrected chi connectivity index (χ3v) is 5.57. The maximum Gasteiger partial charge on any atom is 0.261 e. The average Bonchev–Trinajstić information content (AvgIpc) is 3.36. The lowest BCUT2D eigenvalue weighted by atomic mass is 10.1. The van der Waals surface area contributed by atoms with Gasteiger partial charge in [0.25, 0.3) is 5.56 Å². The number of amides is 1. The first kappa shape index (κ1) is 19.9. The second-order valence-corrected chi connectivity index (χ2v) is 7.79. The molecular weight excluding hydrogens is 404 g/mol. The van der Waals surface area contributed by atoms with Gasteiger partial charge in [-0.15, -0.1) is 10.2 Å². The number of carbonyl (C=O) groups excluding carboxylic acids is 1. The highest BCUT2D eigenvalue weighted by Gasteiger charge is 2.14. The van der Waals surface area contributed by atoms with Crippen molar-refractivity contribution in [2.45, 2.75) is 19.4 Å². The molecule has 0 spiro atoms. The van der Waals surface area contributed by atoms with E-state index in [1.54, 1.807) is 24.3 Å². The number of fused-ring (bicyclic) bond motifs is 1. The van der Waals surface area contributed by atoms with Crippen LogP contribution in [-0.4, -0.2) is 38.7 Å². The van der Waals surface area contributed by atoms with Gasteiger partial charge in [-0.3, -0.25) is 14.2 Å². The Morgan fingerprint density at radius 2 is 1.81 bits per heavy atom. The second kappa shape index (κ2) is 8.58. The van der Waals surface area contributed by atoms with Crippen LogP contribution >= 0.6 is 0 Å². The first-order valence-electron chi connectivity index (χ1n) is 10.6. The van der Waals surface area contributed by atoms with Gasteiger partial charge in [0.1, 0.15) is 6.54 Å². The smallest absolute Gasteiger partial charge is 0.261 e. The molecule has 2 aromatic carbocycles. The second-order valence-electron chi connectivity index (χ2n) is 7.79. The van der Waals surface area contributed by atoms with E-state index in [1.807, 2.05) is 36.4 Å². The summed E-state index contributed by atoms with van der Waals surface area (Å²) in [5.74, 6) is 0.585. The summed E-state index contributed by atoms with van der Waals surface area (Å²) >= 11 is 0. The Kier molecular flexibility index (Phi) is 5.33. The molecule has 1 amide bonds. The van der Waals surface area contributed by atoms with Crippen molar-refractivity contribution < 1.29 is 4.79 Å². The van der Waals surface area contributed by atoms with Gasteiger partial charge >= 0.3 is 0 Å². The minimum absolute atomic E-state index is 0.120. The summed E-state index contributed by atoms with van der Waals surface area (Å²) in [7, 11) is 0. The van der Waals surface area contributed by atoms with E-state index in [9.17, 15) is 9.59 Å². The Balaban J connectivity index is 1.30. The van der Waals surface area contributed by atoms with Crippen molar-refractivity contribution in [1.82, 2.24) is 19.7 Å². The molecule has 0 saturated carbocycles. The summed E-state index contributed by atoms with van der Waals surface area (Å²) in [6.45, 7) is 1.92. The Morgan fingerprint density at radius 1 is 0.969 bits per heavy atom. The summed E-state index contributed by atoms with van der Waals surface area (Å²) in [4.78, 5) is 31.7. The largest absolute Gasteiger partial charge is 0.355 e. The molecule has 3 heterocycles. The van der Waals surface area contributed by atoms with Crippen LogP contribution in [0, 0.1) is 0 Å². The lowest BCUT2D eigenvalue weighted by molar-refractivity contribution is -0.116. The summed E-state index contributed by atoms with van der Waals surface area (Å²) in [6, 6.07) is 18.4. The third kappa shape index (κ3) is 4.07. The molecule has 2 aromatic heterocycles. The van der Waals surface area contributed by atoms with Crippen LogP contribution in [-0.2, 0) is 11.3 Å². The van der Waals surface area contributed by atoms with Crippen LogP contribution in [0.5, 0.6) is 0 Å². The maximum atomic E-state index is 12.6. The quantitative estimate of drug-likeness (QED) is 0.527. The molecular formula is C24H22N6O2. The molecule has 0 atom stereocenters. The molecule has 1 N–H and O–H groups in total. The van der Waals surface area contributed by atoms with Gasteiger partial charge in [0.05, 0.1) is 22.9 Å². The van der Waals surface area contributed by atoms with Crippen molar-refractivity contribution in [3.05, 3.63) is 77.3 Å². The highest BCUT2D eigenvalue weighted by atomic mass is 16.2. The van der Waals surface area contributed by atoms with Crippen LogP contribution in [0.4, 0.5) is 11.5 Å². The SMILES string of the molecule is O=C(Cn1cnc2ccccc2c1=O)Nc1cccc(-c2ccc(N3CCCC3)nn2)c1. The van der Waals surface area contributed by atoms with Crippen LogP contribution in [0.3, 0.4) is 0 Å². The molecule has 0 aliphatic carbocycles. The molecule has 1 fully saturated rings. The molecule has 4 aromatic rings. The standard InChI is InChI=1S/C24H22N6O2/c31-23(15-30-16-25-21-9-2-1-8-19(21)24(30)32)26-18-7-5-6-17(14-18)20-10-11-22(28-27-20)29-12-3-4-13-29/h1-2,5-11,14,16H,3-4,12-13,15H2,(H,26,31). The zero-order valence-electron chi connectivity index (χ0n) is 17.4. The van der Waals surface area contributed by atoms with E-state index in [-0.39, 0.29) is 18.0 Å². The van der Waals surface area contributed by atoms with Gasteiger partial charge in [-0.1, -0.05) is 24.3 Å². The molecule has 160 valence electrons. The minimum atomic E-state index is -0.309. The fourth-order valence-corrected chi connectivity index (χ4v) is 3.92. The van der Waals surface area contributed by atoms with E-state index in [0.29, 0.717) is 16.6 Å². The van der Waals surface area contributed by atoms with Crippen LogP contribution in [0.1, 0.15) is 12.8 Å². The summed E-state index contributed by atoms with van der Waals surface area (Å²) in [5.41, 5.74) is 2.58. The molecule has 1 aliphatic heterocycles. The summed E-state index contributed by atoms with van der Waals surface area (Å²) < 4.78 is 1.31. The number of nitrogens with zero attached hydrogens (tertiary/aromatic N) is 5. The van der Waals surface area contributed by atoms with Crippen molar-refractivity contribution in [3.63, 3.8) is 0 Å². The van der Waals surface area contributed by atoms with Crippen molar-refractivity contribution in [1.29, 1.82) is 0 Å². The van der Waals surface area contributed by atoms with Crippen molar-refractivity contribution >= 4 is 28.3 Å². The molecule has 8 heteroatoms. The highest BCUT2D eigenvalue weighted by Crippen LogP contribution is 2.23. The van der Waals surface area contributed by atoms with Gasteiger partial charge in [-0.2, -0.15) is 0 Å². The number of anilines is 2. The van der Waals surface area contributed by atoms with E-state index in [2.05, 4.69) is 25.4 Å². The predicted molar refractivity (Wildman–Crippen MR) is 124 cm³/mol. The monoisotopic (exact) mass is 426 g/mol. The van der Waals surface area contributed by atoms with Crippen LogP contribution in [0.25, 0.3) is 22.2 Å². The number of nitrogens with one attached hydrogen (secondary N) is 1. The lowest BCUT2D eigenvalue weighted by Gasteiger charge is -2.15. The first-order valence-corrected chi connectivity index (χ1v) is 10.6. The van der Waals surface area contributed by atoms with Gasteiger partial charge in [-0.05, 0) is 49.2 Å². The van der Waals surface area contributed by atoms with Crippen LogP contribution < -0.4 is 15.8 Å². The van der Waals surface area contributed by atoms with E-state index >= 15 is 0 Å². The maximum absolute atomic E-state index is 12.6. The molecule has 32 heavy (non-hydrogen) atoms. The van der Waals surface area contributed by atoms with Gasteiger partial charge in [-0.25, -0.2) is 4.98 Å². The Hall–Kier alpha value is -4.07. The minimum Gasteiger partial charge on any atom is -0.355 e. The molecule has 0 radical (unpaired) electrons. The van der Waals surface area contributed by atoms with Gasteiger partial charge in [0.15, 0.2) is 5.82 Å². The van der Waals surface area contributed by atoms with Gasteiger partial charge < -0.3 is 10.2 Å². The van der Waals surface area contributed by atoms with Crippen molar-refractivity contribution in [3.8, 4) is 11.3 Å². The number of rotatable bonds is 5. The predicted octanol–water partition coefficient (Wildman–Crippen LogP) is 3.09. The number of para-hydroxylation sites is 1. The van der Waals surface area contributed by atoms with E-state index < -0.39 is 0 Å². The zero-order valence-corrected chi connectivity index (χ0v) is 17.4. The Bertz CT molecular complexity index is 1330. The summed E-state index contributed by atoms with van der Waals surface area (Å²) in [6.07, 6.45) is 3.78. The number of aromatic nitrogens is 4. The number of carbonyl (C=O) groups is 1. The van der Waals surface area contributed by atoms with Gasteiger partial charge in [0, 0.05) is 24.3 Å². The van der Waals surface area contributed by atoms with E-state index in [0.717, 1.165) is 30.2 Å². The molecule has 0 bridgehead atoms. The topological polar surface area (TPSA) is 93.0 Å². The van der Waals surface area contributed by atoms with E-state index in [1.165, 1.54) is 23.7 Å². The Morgan fingerprint density at radius 3 is 2.62 bits per heavy atom. The van der Waals surface area contributed by atoms with Crippen LogP contribution in [0.15, 0.2) is 71.8 Å². The fraction of sp³-hybridized carbons (Fsp3) is 0.208. The zero-order chi connectivity index (χ0) is 21.9. The average molecular weight is 426 g/mol. The third-order valence-electron chi connectivity index (χ3n) is 5.57. The molecule has 0 unspecified atom stereocenters. The lowest BCUT2D eigenvalue weighted by Crippen LogP contribution is -2.27. The van der Waals surface area contributed by atoms with Crippen molar-refractivity contribution in [2.75, 3.05) is 23.3 Å². The molecule has 1 saturated heterocycles. The molecule has 5 rings (SSSR count). The Labute approximate surface area is 184 Å². The van der Waals surface area contributed by atoms with Gasteiger partial charge in [0.2, 0.25) is 5.91 Å². The number of hydrogen-bond acceptors (Lipinski definition) is 6. The highest BCUT2D eigenvalue weighted by molar-refractivity contribution is 5.91. The van der Waals surface area contributed by atoms with Crippen LogP contribution in [0.2, 0.25) is 0 Å². The van der Waals surface area contributed by atoms with Crippen molar-refractivity contribution in [2.24, 2.45) is 0 Å². The number of benzene rings is 2. The fourth-order valence-electron chi connectivity index (χ4n) is 3.92. The van der Waals surface area contributed by atoms with E-state index in [4.69, 9.17) is 0 Å². The molecule has 1 aliphatic rings.